The summed E-state index contributed by atoms with van der Waals surface area (Å²) in [5, 5.41) is -0.0488. The van der Waals surface area contributed by atoms with Gasteiger partial charge in [-0.3, -0.25) is 4.79 Å². The van der Waals surface area contributed by atoms with E-state index in [1.807, 2.05) is 33.1 Å². The molecule has 0 aliphatic carbocycles. The molecular formula is C28H29F3O3S2. The number of hydrogen-bond acceptors (Lipinski definition) is 5. The zero-order valence-corrected chi connectivity index (χ0v) is 22.4. The third-order valence-electron chi connectivity index (χ3n) is 6.81. The maximum atomic E-state index is 13.7. The number of carbonyl (C=O) groups excluding carboxylic acids is 1. The molecule has 1 aliphatic rings. The minimum atomic E-state index is -1.46. The van der Waals surface area contributed by atoms with Gasteiger partial charge in [-0.2, -0.15) is 11.8 Å². The van der Waals surface area contributed by atoms with Gasteiger partial charge >= 0.3 is 5.97 Å². The Balaban J connectivity index is 1.61. The Morgan fingerprint density at radius 1 is 1.08 bits per heavy atom. The molecule has 2 heterocycles. The van der Waals surface area contributed by atoms with Crippen LogP contribution in [0.3, 0.4) is 0 Å². The fourth-order valence-corrected chi connectivity index (χ4v) is 6.69. The summed E-state index contributed by atoms with van der Waals surface area (Å²) in [5.74, 6) is -4.09. The van der Waals surface area contributed by atoms with Crippen molar-refractivity contribution in [3.05, 3.63) is 81.5 Å². The maximum absolute atomic E-state index is 13.7. The Morgan fingerprint density at radius 3 is 2.42 bits per heavy atom. The summed E-state index contributed by atoms with van der Waals surface area (Å²) in [7, 11) is 0. The number of esters is 1. The molecule has 192 valence electrons. The van der Waals surface area contributed by atoms with Crippen molar-refractivity contribution >= 4 is 29.1 Å². The molecule has 2 aromatic carbocycles. The summed E-state index contributed by atoms with van der Waals surface area (Å²) in [4.78, 5) is 13.5. The summed E-state index contributed by atoms with van der Waals surface area (Å²) >= 11 is 3.05. The molecule has 0 spiro atoms. The predicted molar refractivity (Wildman–Crippen MR) is 139 cm³/mol. The molecule has 1 fully saturated rings. The standard InChI is InChI=1S/C28H29F3O3S2/c1-14-6-7-18(27-28(35-5)26(34-17(4)32)15(2)16(3)33-27)10-19(14)11-21-8-9-24(36-21)20-12-22(29)25(31)23(30)13-20/h6-10,12-13,15-16,26-28H,11H2,1-5H3/t15-,16-,26+,27?,28-/m1/s1. The van der Waals surface area contributed by atoms with Crippen LogP contribution in [0.5, 0.6) is 0 Å². The Morgan fingerprint density at radius 2 is 1.78 bits per heavy atom. The lowest BCUT2D eigenvalue weighted by Gasteiger charge is -2.44. The van der Waals surface area contributed by atoms with Gasteiger partial charge < -0.3 is 9.47 Å². The lowest BCUT2D eigenvalue weighted by Crippen LogP contribution is -2.49. The summed E-state index contributed by atoms with van der Waals surface area (Å²) in [6, 6.07) is 12.0. The van der Waals surface area contributed by atoms with Crippen LogP contribution in [-0.4, -0.2) is 29.7 Å². The van der Waals surface area contributed by atoms with Gasteiger partial charge in [0.2, 0.25) is 0 Å². The quantitative estimate of drug-likeness (QED) is 0.242. The third-order valence-corrected chi connectivity index (χ3v) is 9.01. The highest BCUT2D eigenvalue weighted by atomic mass is 32.2. The summed E-state index contributed by atoms with van der Waals surface area (Å²) < 4.78 is 52.9. The Hall–Kier alpha value is -2.29. The topological polar surface area (TPSA) is 35.5 Å². The first kappa shape index (κ1) is 26.8. The van der Waals surface area contributed by atoms with E-state index in [0.717, 1.165) is 33.7 Å². The normalized spacial score (nSPS) is 24.1. The van der Waals surface area contributed by atoms with Crippen molar-refractivity contribution in [1.29, 1.82) is 0 Å². The van der Waals surface area contributed by atoms with E-state index in [2.05, 4.69) is 18.2 Å². The molecule has 4 rings (SSSR count). The molecule has 0 radical (unpaired) electrons. The number of carbonyl (C=O) groups is 1. The van der Waals surface area contributed by atoms with Gasteiger partial charge in [-0.05, 0) is 66.6 Å². The van der Waals surface area contributed by atoms with Crippen molar-refractivity contribution in [2.75, 3.05) is 6.26 Å². The van der Waals surface area contributed by atoms with Gasteiger partial charge in [0.1, 0.15) is 6.10 Å². The smallest absolute Gasteiger partial charge is 0.302 e. The third kappa shape index (κ3) is 5.50. The molecule has 8 heteroatoms. The average molecular weight is 535 g/mol. The van der Waals surface area contributed by atoms with E-state index < -0.39 is 17.5 Å². The fourth-order valence-electron chi connectivity index (χ4n) is 4.64. The number of halogens is 3. The second-order valence-electron chi connectivity index (χ2n) is 9.28. The number of thiophene rings is 1. The van der Waals surface area contributed by atoms with Crippen LogP contribution in [-0.2, 0) is 20.7 Å². The van der Waals surface area contributed by atoms with Crippen LogP contribution >= 0.6 is 23.1 Å². The van der Waals surface area contributed by atoms with Crippen LogP contribution < -0.4 is 0 Å². The number of thioether (sulfide) groups is 1. The molecule has 0 bridgehead atoms. The molecule has 3 nitrogen and oxygen atoms in total. The molecule has 0 saturated carbocycles. The SMILES string of the molecule is CS[C@H]1C(c2ccc(C)c(Cc3ccc(-c4cc(F)c(F)c(F)c4)s3)c2)O[C@H](C)[C@@H](C)[C@@H]1OC(C)=O. The Bertz CT molecular complexity index is 1240. The van der Waals surface area contributed by atoms with Crippen LogP contribution in [0.1, 0.15) is 48.4 Å². The number of ether oxygens (including phenoxy) is 2. The predicted octanol–water partition coefficient (Wildman–Crippen LogP) is 7.49. The zero-order valence-electron chi connectivity index (χ0n) is 20.8. The van der Waals surface area contributed by atoms with Crippen molar-refractivity contribution in [3.8, 4) is 10.4 Å². The van der Waals surface area contributed by atoms with Crippen LogP contribution in [0, 0.1) is 30.3 Å². The van der Waals surface area contributed by atoms with Crippen LogP contribution in [0.25, 0.3) is 10.4 Å². The molecule has 3 aromatic rings. The van der Waals surface area contributed by atoms with E-state index >= 15 is 0 Å². The lowest BCUT2D eigenvalue weighted by atomic mass is 9.87. The van der Waals surface area contributed by atoms with E-state index in [1.54, 1.807) is 17.8 Å². The summed E-state index contributed by atoms with van der Waals surface area (Å²) in [5.41, 5.74) is 3.55. The van der Waals surface area contributed by atoms with Gasteiger partial charge in [0.15, 0.2) is 17.5 Å². The van der Waals surface area contributed by atoms with Gasteiger partial charge in [0.05, 0.1) is 17.5 Å². The molecular weight excluding hydrogens is 505 g/mol. The second-order valence-corrected chi connectivity index (χ2v) is 11.5. The van der Waals surface area contributed by atoms with Gasteiger partial charge in [-0.15, -0.1) is 11.3 Å². The number of benzene rings is 2. The maximum Gasteiger partial charge on any atom is 0.302 e. The van der Waals surface area contributed by atoms with Crippen LogP contribution in [0.4, 0.5) is 13.2 Å². The summed E-state index contributed by atoms with van der Waals surface area (Å²) in [6.45, 7) is 7.53. The van der Waals surface area contributed by atoms with Gasteiger partial charge in [-0.1, -0.05) is 25.1 Å². The van der Waals surface area contributed by atoms with E-state index in [-0.39, 0.29) is 35.4 Å². The van der Waals surface area contributed by atoms with Gasteiger partial charge in [-0.25, -0.2) is 13.2 Å². The first-order valence-electron chi connectivity index (χ1n) is 11.8. The van der Waals surface area contributed by atoms with Crippen molar-refractivity contribution in [2.45, 2.75) is 57.7 Å². The van der Waals surface area contributed by atoms with E-state index in [4.69, 9.17) is 9.47 Å². The van der Waals surface area contributed by atoms with E-state index in [1.165, 1.54) is 18.3 Å². The average Bonchev–Trinajstić information content (AvgIpc) is 3.30. The molecule has 1 saturated heterocycles. The minimum Gasteiger partial charge on any atom is -0.461 e. The van der Waals surface area contributed by atoms with Crippen molar-refractivity contribution in [1.82, 2.24) is 0 Å². The number of hydrogen-bond donors (Lipinski definition) is 0. The first-order valence-corrected chi connectivity index (χ1v) is 13.9. The highest BCUT2D eigenvalue weighted by Gasteiger charge is 2.44. The van der Waals surface area contributed by atoms with Crippen LogP contribution in [0.2, 0.25) is 0 Å². The largest absolute Gasteiger partial charge is 0.461 e. The molecule has 0 amide bonds. The van der Waals surface area contributed by atoms with Crippen molar-refractivity contribution in [3.63, 3.8) is 0 Å². The number of aryl methyl sites for hydroxylation is 1. The fraction of sp³-hybridized carbons (Fsp3) is 0.393. The Kier molecular flexibility index (Phi) is 8.17. The molecule has 5 atom stereocenters. The Labute approximate surface area is 218 Å². The molecule has 1 aromatic heterocycles. The van der Waals surface area contributed by atoms with Gasteiger partial charge in [0, 0.05) is 29.0 Å². The van der Waals surface area contributed by atoms with E-state index in [9.17, 15) is 18.0 Å². The van der Waals surface area contributed by atoms with Gasteiger partial charge in [0.25, 0.3) is 0 Å². The highest BCUT2D eigenvalue weighted by molar-refractivity contribution is 7.99. The number of rotatable bonds is 6. The molecule has 1 aliphatic heterocycles. The van der Waals surface area contributed by atoms with Crippen LogP contribution in [0.15, 0.2) is 42.5 Å². The zero-order chi connectivity index (χ0) is 26.1. The van der Waals surface area contributed by atoms with E-state index in [0.29, 0.717) is 16.9 Å². The molecule has 0 N–H and O–H groups in total. The second kappa shape index (κ2) is 11.0. The van der Waals surface area contributed by atoms with Crippen molar-refractivity contribution in [2.24, 2.45) is 5.92 Å². The highest BCUT2D eigenvalue weighted by Crippen LogP contribution is 2.42. The lowest BCUT2D eigenvalue weighted by molar-refractivity contribution is -0.168. The molecule has 1 unspecified atom stereocenters. The van der Waals surface area contributed by atoms with Crippen molar-refractivity contribution < 1.29 is 27.4 Å². The molecule has 36 heavy (non-hydrogen) atoms. The minimum absolute atomic E-state index is 0.0488. The summed E-state index contributed by atoms with van der Waals surface area (Å²) in [6.07, 6.45) is 2.06. The monoisotopic (exact) mass is 534 g/mol. The first-order chi connectivity index (χ1) is 17.1.